The van der Waals surface area contributed by atoms with E-state index < -0.39 is 0 Å². The van der Waals surface area contributed by atoms with Gasteiger partial charge in [-0.3, -0.25) is 0 Å². The van der Waals surface area contributed by atoms with Crippen molar-refractivity contribution in [2.75, 3.05) is 26.4 Å². The lowest BCUT2D eigenvalue weighted by Crippen LogP contribution is -2.13. The number of hydrogen-bond acceptors (Lipinski definition) is 3. The first-order valence-electron chi connectivity index (χ1n) is 4.33. The summed E-state index contributed by atoms with van der Waals surface area (Å²) in [6, 6.07) is 0. The lowest BCUT2D eigenvalue weighted by molar-refractivity contribution is 0.0410. The van der Waals surface area contributed by atoms with Gasteiger partial charge < -0.3 is 15.2 Å². The first-order valence-corrected chi connectivity index (χ1v) is 4.33. The molecule has 0 aromatic rings. The van der Waals surface area contributed by atoms with Gasteiger partial charge in [0.15, 0.2) is 0 Å². The zero-order valence-electron chi connectivity index (χ0n) is 6.92. The van der Waals surface area contributed by atoms with Gasteiger partial charge in [0.05, 0.1) is 12.7 Å². The van der Waals surface area contributed by atoms with Gasteiger partial charge in [-0.25, -0.2) is 0 Å². The Balaban J connectivity index is 1.86. The monoisotopic (exact) mass is 159 g/mol. The molecule has 1 rings (SSSR count). The summed E-state index contributed by atoms with van der Waals surface area (Å²) in [4.78, 5) is 0. The molecule has 0 saturated carbocycles. The number of nitrogens with two attached hydrogens (primary N) is 1. The number of ether oxygens (including phenoxy) is 2. The molecule has 0 amide bonds. The number of unbranched alkanes of at least 4 members (excludes halogenated alkanes) is 1. The molecule has 0 bridgehead atoms. The molecule has 0 aromatic carbocycles. The molecule has 1 heterocycles. The second kappa shape index (κ2) is 5.52. The van der Waals surface area contributed by atoms with E-state index in [1.54, 1.807) is 0 Å². The third-order valence-corrected chi connectivity index (χ3v) is 1.84. The van der Waals surface area contributed by atoms with Crippen LogP contribution in [0, 0.1) is 0 Å². The molecule has 0 radical (unpaired) electrons. The van der Waals surface area contributed by atoms with Crippen LogP contribution in [0.15, 0.2) is 0 Å². The highest BCUT2D eigenvalue weighted by atomic mass is 16.5. The molecule has 1 fully saturated rings. The van der Waals surface area contributed by atoms with Crippen LogP contribution in [0.5, 0.6) is 0 Å². The summed E-state index contributed by atoms with van der Waals surface area (Å²) in [5.41, 5.74) is 5.34. The molecular weight excluding hydrogens is 142 g/mol. The van der Waals surface area contributed by atoms with Crippen LogP contribution in [0.1, 0.15) is 19.3 Å². The quantitative estimate of drug-likeness (QED) is 0.595. The zero-order valence-corrected chi connectivity index (χ0v) is 6.92. The van der Waals surface area contributed by atoms with Gasteiger partial charge in [0.1, 0.15) is 0 Å². The number of rotatable bonds is 5. The van der Waals surface area contributed by atoms with E-state index in [1.165, 1.54) is 0 Å². The van der Waals surface area contributed by atoms with Crippen LogP contribution in [0.2, 0.25) is 0 Å². The van der Waals surface area contributed by atoms with E-state index in [4.69, 9.17) is 15.2 Å². The highest BCUT2D eigenvalue weighted by Crippen LogP contribution is 2.08. The van der Waals surface area contributed by atoms with Crippen molar-refractivity contribution in [2.45, 2.75) is 25.4 Å². The van der Waals surface area contributed by atoms with Crippen LogP contribution in [-0.4, -0.2) is 32.5 Å². The van der Waals surface area contributed by atoms with Crippen molar-refractivity contribution in [3.8, 4) is 0 Å². The normalized spacial score (nSPS) is 24.3. The minimum absolute atomic E-state index is 0.354. The van der Waals surface area contributed by atoms with Crippen molar-refractivity contribution >= 4 is 0 Å². The van der Waals surface area contributed by atoms with Crippen LogP contribution >= 0.6 is 0 Å². The fourth-order valence-corrected chi connectivity index (χ4v) is 1.14. The summed E-state index contributed by atoms with van der Waals surface area (Å²) in [6.07, 6.45) is 3.55. The van der Waals surface area contributed by atoms with Gasteiger partial charge in [-0.2, -0.15) is 0 Å². The molecule has 3 heteroatoms. The molecular formula is C8H17NO2. The first kappa shape index (κ1) is 8.97. The average molecular weight is 159 g/mol. The Kier molecular flexibility index (Phi) is 4.50. The molecule has 1 aliphatic heterocycles. The Hall–Kier alpha value is -0.120. The molecule has 3 nitrogen and oxygen atoms in total. The predicted molar refractivity (Wildman–Crippen MR) is 43.5 cm³/mol. The SMILES string of the molecule is NCCCCOC1CCOC1. The molecule has 1 atom stereocenters. The zero-order chi connectivity index (χ0) is 7.94. The van der Waals surface area contributed by atoms with Crippen LogP contribution in [-0.2, 0) is 9.47 Å². The van der Waals surface area contributed by atoms with E-state index in [2.05, 4.69) is 0 Å². The van der Waals surface area contributed by atoms with E-state index in [9.17, 15) is 0 Å². The second-order valence-corrected chi connectivity index (χ2v) is 2.85. The Morgan fingerprint density at radius 3 is 3.00 bits per heavy atom. The molecule has 0 aromatic heterocycles. The standard InChI is InChI=1S/C8H17NO2/c9-4-1-2-5-11-8-3-6-10-7-8/h8H,1-7,9H2. The lowest BCUT2D eigenvalue weighted by Gasteiger charge is -2.08. The maximum absolute atomic E-state index is 5.52. The van der Waals surface area contributed by atoms with E-state index in [0.29, 0.717) is 6.10 Å². The van der Waals surface area contributed by atoms with Crippen LogP contribution < -0.4 is 5.73 Å². The number of hydrogen-bond donors (Lipinski definition) is 1. The predicted octanol–water partition coefficient (Wildman–Crippen LogP) is 0.531. The van der Waals surface area contributed by atoms with Crippen molar-refractivity contribution in [1.82, 2.24) is 0 Å². The van der Waals surface area contributed by atoms with Gasteiger partial charge in [0.25, 0.3) is 0 Å². The molecule has 11 heavy (non-hydrogen) atoms. The lowest BCUT2D eigenvalue weighted by atomic mass is 10.3. The molecule has 0 spiro atoms. The van der Waals surface area contributed by atoms with Gasteiger partial charge in [0.2, 0.25) is 0 Å². The minimum atomic E-state index is 0.354. The smallest absolute Gasteiger partial charge is 0.0830 e. The second-order valence-electron chi connectivity index (χ2n) is 2.85. The fraction of sp³-hybridized carbons (Fsp3) is 1.00. The highest BCUT2D eigenvalue weighted by molar-refractivity contribution is 4.62. The molecule has 1 saturated heterocycles. The summed E-state index contributed by atoms with van der Waals surface area (Å²) in [5.74, 6) is 0. The highest BCUT2D eigenvalue weighted by Gasteiger charge is 2.14. The molecule has 1 aliphatic rings. The molecule has 2 N–H and O–H groups in total. The summed E-state index contributed by atoms with van der Waals surface area (Å²) >= 11 is 0. The van der Waals surface area contributed by atoms with Crippen LogP contribution in [0.25, 0.3) is 0 Å². The third kappa shape index (κ3) is 3.70. The average Bonchev–Trinajstić information content (AvgIpc) is 2.50. The van der Waals surface area contributed by atoms with E-state index >= 15 is 0 Å². The van der Waals surface area contributed by atoms with Crippen molar-refractivity contribution in [2.24, 2.45) is 5.73 Å². The maximum atomic E-state index is 5.52. The van der Waals surface area contributed by atoms with Crippen molar-refractivity contribution < 1.29 is 9.47 Å². The fourth-order valence-electron chi connectivity index (χ4n) is 1.14. The van der Waals surface area contributed by atoms with E-state index in [-0.39, 0.29) is 0 Å². The van der Waals surface area contributed by atoms with E-state index in [1.807, 2.05) is 0 Å². The van der Waals surface area contributed by atoms with Crippen LogP contribution in [0.3, 0.4) is 0 Å². The van der Waals surface area contributed by atoms with Crippen molar-refractivity contribution in [3.05, 3.63) is 0 Å². The Labute approximate surface area is 67.9 Å². The van der Waals surface area contributed by atoms with Gasteiger partial charge in [-0.05, 0) is 25.8 Å². The molecule has 1 unspecified atom stereocenters. The van der Waals surface area contributed by atoms with Gasteiger partial charge in [-0.1, -0.05) is 0 Å². The summed E-state index contributed by atoms with van der Waals surface area (Å²) in [5, 5.41) is 0. The Morgan fingerprint density at radius 2 is 2.36 bits per heavy atom. The Bertz CT molecular complexity index is 92.1. The molecule has 0 aliphatic carbocycles. The largest absolute Gasteiger partial charge is 0.379 e. The summed E-state index contributed by atoms with van der Waals surface area (Å²) in [7, 11) is 0. The first-order chi connectivity index (χ1) is 5.43. The minimum Gasteiger partial charge on any atom is -0.379 e. The molecule has 66 valence electrons. The van der Waals surface area contributed by atoms with Gasteiger partial charge >= 0.3 is 0 Å². The topological polar surface area (TPSA) is 44.5 Å². The van der Waals surface area contributed by atoms with E-state index in [0.717, 1.165) is 45.6 Å². The Morgan fingerprint density at radius 1 is 1.45 bits per heavy atom. The summed E-state index contributed by atoms with van der Waals surface area (Å²) in [6.45, 7) is 3.25. The van der Waals surface area contributed by atoms with Crippen molar-refractivity contribution in [1.29, 1.82) is 0 Å². The van der Waals surface area contributed by atoms with Crippen LogP contribution in [0.4, 0.5) is 0 Å². The van der Waals surface area contributed by atoms with Gasteiger partial charge in [-0.15, -0.1) is 0 Å². The maximum Gasteiger partial charge on any atom is 0.0830 e. The van der Waals surface area contributed by atoms with Crippen molar-refractivity contribution in [3.63, 3.8) is 0 Å². The third-order valence-electron chi connectivity index (χ3n) is 1.84. The van der Waals surface area contributed by atoms with Gasteiger partial charge in [0, 0.05) is 13.2 Å². The summed E-state index contributed by atoms with van der Waals surface area (Å²) < 4.78 is 10.7.